The molecule has 0 aliphatic carbocycles. The van der Waals surface area contributed by atoms with Crippen LogP contribution in [0.5, 0.6) is 0 Å². The third-order valence-corrected chi connectivity index (χ3v) is 3.22. The van der Waals surface area contributed by atoms with Crippen molar-refractivity contribution in [3.8, 4) is 17.1 Å². The number of hydrogen-bond acceptors (Lipinski definition) is 2. The molecule has 2 aromatic carbocycles. The zero-order valence-electron chi connectivity index (χ0n) is 13.1. The zero-order valence-corrected chi connectivity index (χ0v) is 15.5. The topological polar surface area (TPSA) is 35.6 Å². The summed E-state index contributed by atoms with van der Waals surface area (Å²) in [6.07, 6.45) is 7.36. The molecular weight excluding hydrogens is 476 g/mol. The summed E-state index contributed by atoms with van der Waals surface area (Å²) in [5.41, 5.74) is 2.00. The van der Waals surface area contributed by atoms with Crippen molar-refractivity contribution < 1.29 is 20.1 Å². The Morgan fingerprint density at radius 3 is 2.21 bits per heavy atom. The Morgan fingerprint density at radius 1 is 0.875 bits per heavy atom. The van der Waals surface area contributed by atoms with Gasteiger partial charge in [-0.05, 0) is 11.8 Å². The quantitative estimate of drug-likeness (QED) is 0.401. The molecule has 4 aromatic rings. The number of benzene rings is 2. The smallest absolute Gasteiger partial charge is 0.0555 e. The van der Waals surface area contributed by atoms with Crippen LogP contribution in [-0.4, -0.2) is 19.3 Å². The standard InChI is InChI=1S/C10H9N2.C9H7N2.Ir/c1-12-8-7-11-10(12)9-5-3-2-4-6-9;1-2-5-9(6-3-1)11-8-4-7-10-11;/h2-5,7-8H,1H3;1-5,7-8H;/q2*-1;. The SMILES string of the molecule is Cn1ccnc1-c1[c-]cccc1.[Ir].[c-]1ccccc1-n1cccn1. The molecule has 0 amide bonds. The molecule has 2 heterocycles. The summed E-state index contributed by atoms with van der Waals surface area (Å²) >= 11 is 0. The molecule has 123 valence electrons. The van der Waals surface area contributed by atoms with Crippen LogP contribution in [0, 0.1) is 12.1 Å². The molecule has 0 spiro atoms. The molecule has 0 unspecified atom stereocenters. The molecule has 0 atom stereocenters. The second-order valence-electron chi connectivity index (χ2n) is 4.84. The molecular formula is C19H16IrN4-2. The Labute approximate surface area is 155 Å². The Kier molecular flexibility index (Phi) is 6.67. The molecule has 2 aromatic heterocycles. The summed E-state index contributed by atoms with van der Waals surface area (Å²) < 4.78 is 3.76. The van der Waals surface area contributed by atoms with Gasteiger partial charge in [-0.25, -0.2) is 0 Å². The number of aromatic nitrogens is 4. The van der Waals surface area contributed by atoms with E-state index in [9.17, 15) is 0 Å². The van der Waals surface area contributed by atoms with Crippen LogP contribution in [0.3, 0.4) is 0 Å². The molecule has 0 saturated heterocycles. The van der Waals surface area contributed by atoms with Crippen LogP contribution < -0.4 is 0 Å². The van der Waals surface area contributed by atoms with Gasteiger partial charge >= 0.3 is 0 Å². The maximum atomic E-state index is 4.22. The summed E-state index contributed by atoms with van der Waals surface area (Å²) in [5.74, 6) is 0.954. The van der Waals surface area contributed by atoms with E-state index in [2.05, 4.69) is 22.2 Å². The fourth-order valence-electron chi connectivity index (χ4n) is 2.10. The van der Waals surface area contributed by atoms with Gasteiger partial charge in [0.2, 0.25) is 0 Å². The molecule has 24 heavy (non-hydrogen) atoms. The van der Waals surface area contributed by atoms with Crippen molar-refractivity contribution in [2.45, 2.75) is 0 Å². The fraction of sp³-hybridized carbons (Fsp3) is 0.0526. The first-order valence-electron chi connectivity index (χ1n) is 7.26. The first kappa shape index (κ1) is 17.9. The molecule has 4 nitrogen and oxygen atoms in total. The summed E-state index contributed by atoms with van der Waals surface area (Å²) in [6, 6.07) is 23.7. The number of aryl methyl sites for hydroxylation is 1. The fourth-order valence-corrected chi connectivity index (χ4v) is 2.10. The van der Waals surface area contributed by atoms with E-state index in [4.69, 9.17) is 0 Å². The van der Waals surface area contributed by atoms with Crippen molar-refractivity contribution in [3.05, 3.63) is 91.5 Å². The predicted octanol–water partition coefficient (Wildman–Crippen LogP) is 3.56. The Hall–Kier alpha value is -2.49. The van der Waals surface area contributed by atoms with Gasteiger partial charge in [0, 0.05) is 51.9 Å². The van der Waals surface area contributed by atoms with Crippen LogP contribution in [0.1, 0.15) is 0 Å². The van der Waals surface area contributed by atoms with Gasteiger partial charge in [0.25, 0.3) is 0 Å². The van der Waals surface area contributed by atoms with Crippen molar-refractivity contribution >= 4 is 0 Å². The molecule has 1 radical (unpaired) electrons. The van der Waals surface area contributed by atoms with Crippen molar-refractivity contribution in [1.29, 1.82) is 0 Å². The van der Waals surface area contributed by atoms with Gasteiger partial charge < -0.3 is 4.57 Å². The van der Waals surface area contributed by atoms with Gasteiger partial charge in [-0.15, -0.1) is 42.0 Å². The van der Waals surface area contributed by atoms with E-state index in [1.165, 1.54) is 0 Å². The summed E-state index contributed by atoms with van der Waals surface area (Å²) in [4.78, 5) is 4.22. The van der Waals surface area contributed by atoms with Crippen molar-refractivity contribution in [1.82, 2.24) is 19.3 Å². The number of hydrogen-bond donors (Lipinski definition) is 0. The monoisotopic (exact) mass is 493 g/mol. The van der Waals surface area contributed by atoms with Crippen molar-refractivity contribution in [3.63, 3.8) is 0 Å². The maximum absolute atomic E-state index is 4.22. The van der Waals surface area contributed by atoms with Gasteiger partial charge in [-0.1, -0.05) is 0 Å². The van der Waals surface area contributed by atoms with Gasteiger partial charge in [-0.2, -0.15) is 29.4 Å². The predicted molar refractivity (Wildman–Crippen MR) is 89.9 cm³/mol. The third kappa shape index (κ3) is 4.51. The van der Waals surface area contributed by atoms with Gasteiger partial charge in [0.05, 0.1) is 5.82 Å². The van der Waals surface area contributed by atoms with Gasteiger partial charge in [0.1, 0.15) is 0 Å². The van der Waals surface area contributed by atoms with Crippen LogP contribution in [0.15, 0.2) is 79.4 Å². The zero-order chi connectivity index (χ0) is 15.9. The average Bonchev–Trinajstić information content (AvgIpc) is 3.29. The van der Waals surface area contributed by atoms with Crippen LogP contribution in [0.2, 0.25) is 0 Å². The number of rotatable bonds is 2. The maximum Gasteiger partial charge on any atom is 0.0555 e. The minimum atomic E-state index is 0. The number of imidazole rings is 1. The molecule has 5 heteroatoms. The van der Waals surface area contributed by atoms with Crippen molar-refractivity contribution in [2.75, 3.05) is 0 Å². The van der Waals surface area contributed by atoms with E-state index >= 15 is 0 Å². The van der Waals surface area contributed by atoms with Gasteiger partial charge in [0.15, 0.2) is 0 Å². The van der Waals surface area contributed by atoms with E-state index in [1.807, 2.05) is 78.6 Å². The third-order valence-electron chi connectivity index (χ3n) is 3.22. The minimum Gasteiger partial charge on any atom is -0.373 e. The number of nitrogens with zero attached hydrogens (tertiary/aromatic N) is 4. The molecule has 0 bridgehead atoms. The summed E-state index contributed by atoms with van der Waals surface area (Å²) in [6.45, 7) is 0. The Balaban J connectivity index is 0.000000167. The van der Waals surface area contributed by atoms with E-state index in [1.54, 1.807) is 17.1 Å². The first-order valence-corrected chi connectivity index (χ1v) is 7.26. The van der Waals surface area contributed by atoms with Crippen molar-refractivity contribution in [2.24, 2.45) is 7.05 Å². The van der Waals surface area contributed by atoms with Crippen LogP contribution >= 0.6 is 0 Å². The normalized spacial score (nSPS) is 9.54. The molecule has 0 fully saturated rings. The average molecular weight is 493 g/mol. The molecule has 4 rings (SSSR count). The van der Waals surface area contributed by atoms with Crippen LogP contribution in [-0.2, 0) is 27.2 Å². The summed E-state index contributed by atoms with van der Waals surface area (Å²) in [5, 5.41) is 4.07. The largest absolute Gasteiger partial charge is 0.373 e. The molecule has 0 aliphatic heterocycles. The van der Waals surface area contributed by atoms with Crippen LogP contribution in [0.4, 0.5) is 0 Å². The van der Waals surface area contributed by atoms with E-state index in [0.29, 0.717) is 0 Å². The van der Waals surface area contributed by atoms with E-state index in [0.717, 1.165) is 17.1 Å². The summed E-state index contributed by atoms with van der Waals surface area (Å²) in [7, 11) is 1.98. The van der Waals surface area contributed by atoms with E-state index in [-0.39, 0.29) is 20.1 Å². The Morgan fingerprint density at radius 2 is 1.67 bits per heavy atom. The van der Waals surface area contributed by atoms with E-state index < -0.39 is 0 Å². The second kappa shape index (κ2) is 8.96. The first-order chi connectivity index (χ1) is 11.3. The Bertz CT molecular complexity index is 824. The minimum absolute atomic E-state index is 0. The molecule has 0 aliphatic rings. The second-order valence-corrected chi connectivity index (χ2v) is 4.84. The van der Waals surface area contributed by atoms with Crippen LogP contribution in [0.25, 0.3) is 17.1 Å². The number of para-hydroxylation sites is 1. The molecule has 0 N–H and O–H groups in total. The molecule has 0 saturated carbocycles. The van der Waals surface area contributed by atoms with Gasteiger partial charge in [-0.3, -0.25) is 9.67 Å².